The summed E-state index contributed by atoms with van der Waals surface area (Å²) in [4.78, 5) is 54.0. The number of primary amides is 12. The molecule has 0 unspecified atom stereocenters. The van der Waals surface area contributed by atoms with Crippen molar-refractivity contribution in [2.45, 2.75) is 0 Å². The van der Waals surface area contributed by atoms with E-state index in [1.165, 1.54) is 0 Å². The highest BCUT2D eigenvalue weighted by molar-refractivity contribution is 14.1. The summed E-state index contributed by atoms with van der Waals surface area (Å²) in [6.07, 6.45) is 3.96. The molecule has 0 aliphatic carbocycles. The largest absolute Gasteiger partial charge is 0.352 e. The maximum Gasteiger partial charge on any atom is 0.309 e. The van der Waals surface area contributed by atoms with Crippen LogP contribution in [0.2, 0.25) is 0 Å². The van der Waals surface area contributed by atoms with Gasteiger partial charge in [-0.25, -0.2) is 28.8 Å². The quantitative estimate of drug-likeness (QED) is 0.102. The number of carbonyl (C=O) groups is 6. The second-order valence-electron chi connectivity index (χ2n) is 3.05. The number of amides is 12. The van der Waals surface area contributed by atoms with Gasteiger partial charge in [0, 0.05) is 0 Å². The van der Waals surface area contributed by atoms with E-state index < -0.39 is 36.2 Å². The van der Waals surface area contributed by atoms with Crippen molar-refractivity contribution in [2.24, 2.45) is 68.8 Å². The summed E-state index contributed by atoms with van der Waals surface area (Å²) < 4.78 is 3.93. The van der Waals surface area contributed by atoms with Gasteiger partial charge in [0.25, 0.3) is 0 Å². The minimum atomic E-state index is -0.833. The van der Waals surface area contributed by atoms with Gasteiger partial charge in [-0.1, -0.05) is 57.3 Å². The van der Waals surface area contributed by atoms with Crippen molar-refractivity contribution < 1.29 is 28.8 Å². The highest BCUT2D eigenvalue weighted by atomic mass is 127. The van der Waals surface area contributed by atoms with Crippen LogP contribution in [-0.2, 0) is 0 Å². The van der Waals surface area contributed by atoms with E-state index in [1.807, 2.05) is 20.3 Å². The number of hydrogen-bond acceptors (Lipinski definition) is 6. The molecule has 0 aromatic heterocycles. The van der Waals surface area contributed by atoms with Crippen LogP contribution < -0.4 is 68.8 Å². The average Bonchev–Trinajstić information content (AvgIpc) is 2.41. The molecule has 18 nitrogen and oxygen atoms in total. The van der Waals surface area contributed by atoms with Gasteiger partial charge in [0.15, 0.2) is 0 Å². The molecule has 0 radical (unpaired) electrons. The van der Waals surface area contributed by atoms with Crippen molar-refractivity contribution in [3.8, 4) is 0 Å². The number of rotatable bonds is 1. The second-order valence-corrected chi connectivity index (χ2v) is 4.49. The van der Waals surface area contributed by atoms with Crippen molar-refractivity contribution in [1.29, 1.82) is 0 Å². The van der Waals surface area contributed by atoms with Gasteiger partial charge in [0.1, 0.15) is 0 Å². The predicted molar refractivity (Wildman–Crippen MR) is 129 cm³/mol. The van der Waals surface area contributed by atoms with E-state index in [2.05, 4.69) is 114 Å². The molecule has 0 spiro atoms. The molecule has 0 atom stereocenters. The summed E-state index contributed by atoms with van der Waals surface area (Å²) in [5.74, 6) is 0. The molecule has 0 aliphatic rings. The van der Waals surface area contributed by atoms with Crippen molar-refractivity contribution >= 4 is 81.4 Å². The Morgan fingerprint density at radius 2 is 0.433 bits per heavy atom. The molecule has 24 N–H and O–H groups in total. The third-order valence-corrected chi connectivity index (χ3v) is 1.09. The zero-order chi connectivity index (χ0) is 26.3. The Balaban J connectivity index is -0.0000000414. The molecule has 0 rings (SSSR count). The fraction of sp³-hybridized carbons (Fsp3) is 0. The molecule has 20 heteroatoms. The fourth-order valence-corrected chi connectivity index (χ4v) is 0.563. The molecule has 0 heterocycles. The first-order chi connectivity index (χ1) is 13.3. The summed E-state index contributed by atoms with van der Waals surface area (Å²) in [5, 5.41) is 0. The standard InChI is InChI=1S/C4H4I2.6CH4N2O/c5-3-1-2-4-6;6*2-1(3)4/h1-4H;6*(H4,2,3,4)/b3-1+,4-2+;;;;;;. The lowest BCUT2D eigenvalue weighted by atomic mass is 10.6. The Kier molecular flexibility index (Phi) is 67.7. The summed E-state index contributed by atoms with van der Waals surface area (Å²) in [6.45, 7) is 0. The van der Waals surface area contributed by atoms with Gasteiger partial charge >= 0.3 is 36.2 Å². The third-order valence-electron chi connectivity index (χ3n) is 0.257. The molecule has 0 aromatic carbocycles. The summed E-state index contributed by atoms with van der Waals surface area (Å²) in [6, 6.07) is -5.00. The van der Waals surface area contributed by atoms with Gasteiger partial charge in [-0.15, -0.1) is 0 Å². The number of hydrogen-bond donors (Lipinski definition) is 12. The molecule has 0 aliphatic heterocycles. The third kappa shape index (κ3) is 70400. The molecule has 0 bridgehead atoms. The van der Waals surface area contributed by atoms with Crippen molar-refractivity contribution in [1.82, 2.24) is 0 Å². The lowest BCUT2D eigenvalue weighted by molar-refractivity contribution is 0.255. The van der Waals surface area contributed by atoms with E-state index >= 15 is 0 Å². The van der Waals surface area contributed by atoms with Crippen LogP contribution >= 0.6 is 45.2 Å². The maximum atomic E-state index is 9.00. The molecule has 0 aromatic rings. The van der Waals surface area contributed by atoms with E-state index in [9.17, 15) is 0 Å². The van der Waals surface area contributed by atoms with Gasteiger partial charge in [0.2, 0.25) is 0 Å². The van der Waals surface area contributed by atoms with Crippen molar-refractivity contribution in [3.63, 3.8) is 0 Å². The SMILES string of the molecule is I/C=C/C=C/I.NC(N)=O.NC(N)=O.NC(N)=O.NC(N)=O.NC(N)=O.NC(N)=O. The Morgan fingerprint density at radius 1 is 0.367 bits per heavy atom. The fourth-order valence-electron chi connectivity index (χ4n) is 0.0840. The molecule has 178 valence electrons. The van der Waals surface area contributed by atoms with Crippen molar-refractivity contribution in [2.75, 3.05) is 0 Å². The van der Waals surface area contributed by atoms with Crippen LogP contribution in [-0.4, -0.2) is 36.2 Å². The van der Waals surface area contributed by atoms with E-state index in [0.717, 1.165) is 0 Å². The van der Waals surface area contributed by atoms with Crippen LogP contribution in [0.5, 0.6) is 0 Å². The topological polar surface area (TPSA) is 415 Å². The van der Waals surface area contributed by atoms with Crippen molar-refractivity contribution in [3.05, 3.63) is 20.3 Å². The molecule has 0 saturated heterocycles. The van der Waals surface area contributed by atoms with E-state index in [1.54, 1.807) is 0 Å². The van der Waals surface area contributed by atoms with Crippen LogP contribution in [0.3, 0.4) is 0 Å². The maximum absolute atomic E-state index is 9.00. The minimum Gasteiger partial charge on any atom is -0.352 e. The van der Waals surface area contributed by atoms with E-state index in [4.69, 9.17) is 28.8 Å². The number of halogens is 2. The zero-order valence-corrected chi connectivity index (χ0v) is 19.8. The number of urea groups is 6. The van der Waals surface area contributed by atoms with Crippen LogP contribution in [0, 0.1) is 0 Å². The Morgan fingerprint density at radius 3 is 0.467 bits per heavy atom. The lowest BCUT2D eigenvalue weighted by Crippen LogP contribution is -2.18. The Hall–Kier alpha value is -3.44. The van der Waals surface area contributed by atoms with Gasteiger partial charge < -0.3 is 68.8 Å². The van der Waals surface area contributed by atoms with Crippen LogP contribution in [0.25, 0.3) is 0 Å². The Labute approximate surface area is 198 Å². The molecule has 0 fully saturated rings. The molecular formula is C10H28I2N12O6. The average molecular weight is 666 g/mol. The molecular weight excluding hydrogens is 638 g/mol. The van der Waals surface area contributed by atoms with Gasteiger partial charge in [-0.2, -0.15) is 0 Å². The van der Waals surface area contributed by atoms with Gasteiger partial charge in [0.05, 0.1) is 0 Å². The van der Waals surface area contributed by atoms with Crippen LogP contribution in [0.15, 0.2) is 20.3 Å². The van der Waals surface area contributed by atoms with E-state index in [-0.39, 0.29) is 0 Å². The van der Waals surface area contributed by atoms with Gasteiger partial charge in [-0.3, -0.25) is 0 Å². The summed E-state index contributed by atoms with van der Waals surface area (Å²) in [5.41, 5.74) is 51.0. The molecule has 30 heavy (non-hydrogen) atoms. The first kappa shape index (κ1) is 45.4. The molecule has 0 saturated carbocycles. The highest BCUT2D eigenvalue weighted by Gasteiger charge is 1.62. The monoisotopic (exact) mass is 666 g/mol. The van der Waals surface area contributed by atoms with Crippen LogP contribution in [0.1, 0.15) is 0 Å². The first-order valence-electron chi connectivity index (χ1n) is 6.13. The molecule has 12 amide bonds. The van der Waals surface area contributed by atoms with Gasteiger partial charge in [-0.05, 0) is 8.17 Å². The lowest BCUT2D eigenvalue weighted by Gasteiger charge is -1.62. The van der Waals surface area contributed by atoms with E-state index in [0.29, 0.717) is 0 Å². The number of nitrogens with two attached hydrogens (primary N) is 12. The summed E-state index contributed by atoms with van der Waals surface area (Å²) in [7, 11) is 0. The second kappa shape index (κ2) is 44.8. The zero-order valence-electron chi connectivity index (χ0n) is 15.4. The number of carbonyl (C=O) groups excluding carboxylic acids is 6. The van der Waals surface area contributed by atoms with Crippen LogP contribution in [0.4, 0.5) is 28.8 Å². The normalized spacial score (nSPS) is 7.13. The Bertz CT molecular complexity index is 403. The first-order valence-corrected chi connectivity index (χ1v) is 8.62. The number of allylic oxidation sites excluding steroid dienone is 2. The smallest absolute Gasteiger partial charge is 0.309 e. The predicted octanol–water partition coefficient (Wildman–Crippen LogP) is -2.97. The summed E-state index contributed by atoms with van der Waals surface area (Å²) >= 11 is 4.35. The highest BCUT2D eigenvalue weighted by Crippen LogP contribution is 1.87. The minimum absolute atomic E-state index is 0.833.